The minimum absolute atomic E-state index is 0.0726. The van der Waals surface area contributed by atoms with E-state index in [2.05, 4.69) is 31.8 Å². The zero-order valence-electron chi connectivity index (χ0n) is 10.4. The largest absolute Gasteiger partial charge is 0.392 e. The Kier molecular flexibility index (Phi) is 3.02. The number of hydrogen-bond donors (Lipinski definition) is 1. The van der Waals surface area contributed by atoms with Gasteiger partial charge in [0.05, 0.1) is 6.10 Å². The van der Waals surface area contributed by atoms with Gasteiger partial charge in [-0.2, -0.15) is 0 Å². The summed E-state index contributed by atoms with van der Waals surface area (Å²) in [7, 11) is 0. The first-order valence-electron chi connectivity index (χ1n) is 6.12. The molecule has 1 aliphatic carbocycles. The van der Waals surface area contributed by atoms with E-state index in [1.807, 2.05) is 12.3 Å². The number of aliphatic hydroxyl groups excluding tert-OH is 1. The van der Waals surface area contributed by atoms with Crippen LogP contribution in [0.4, 0.5) is 0 Å². The van der Waals surface area contributed by atoms with Crippen LogP contribution in [-0.2, 0) is 6.42 Å². The van der Waals surface area contributed by atoms with Gasteiger partial charge in [-0.1, -0.05) is 26.8 Å². The fourth-order valence-corrected chi connectivity index (χ4v) is 2.56. The molecule has 2 nitrogen and oxygen atoms in total. The summed E-state index contributed by atoms with van der Waals surface area (Å²) in [5.41, 5.74) is 2.37. The smallest absolute Gasteiger partial charge is 0.0672 e. The van der Waals surface area contributed by atoms with Gasteiger partial charge in [0.15, 0.2) is 0 Å². The third-order valence-electron chi connectivity index (χ3n) is 3.51. The third-order valence-corrected chi connectivity index (χ3v) is 3.51. The van der Waals surface area contributed by atoms with Gasteiger partial charge in [0.2, 0.25) is 0 Å². The summed E-state index contributed by atoms with van der Waals surface area (Å²) < 4.78 is 0. The highest BCUT2D eigenvalue weighted by molar-refractivity contribution is 5.27. The lowest BCUT2D eigenvalue weighted by atomic mass is 9.74. The molecule has 0 radical (unpaired) electrons. The van der Waals surface area contributed by atoms with E-state index in [0.717, 1.165) is 25.0 Å². The molecule has 0 saturated heterocycles. The summed E-state index contributed by atoms with van der Waals surface area (Å²) in [6.07, 6.45) is 4.86. The highest BCUT2D eigenvalue weighted by Crippen LogP contribution is 2.38. The molecular formula is C14H21NO. The number of fused-ring (bicyclic) bond motifs is 1. The number of aromatic nitrogens is 1. The zero-order valence-corrected chi connectivity index (χ0v) is 10.4. The summed E-state index contributed by atoms with van der Waals surface area (Å²) >= 11 is 0. The van der Waals surface area contributed by atoms with Crippen molar-refractivity contribution in [2.45, 2.75) is 52.1 Å². The molecule has 0 amide bonds. The summed E-state index contributed by atoms with van der Waals surface area (Å²) in [5.74, 6) is 0.213. The molecule has 16 heavy (non-hydrogen) atoms. The summed E-state index contributed by atoms with van der Waals surface area (Å²) in [6.45, 7) is 6.28. The van der Waals surface area contributed by atoms with Crippen LogP contribution in [0, 0.1) is 5.41 Å². The van der Waals surface area contributed by atoms with Crippen LogP contribution in [0.2, 0.25) is 0 Å². The molecule has 2 rings (SSSR count). The SMILES string of the molecule is CC(C)(C)C(O)C1CCCc2cccnc21. The van der Waals surface area contributed by atoms with E-state index in [-0.39, 0.29) is 17.4 Å². The fourth-order valence-electron chi connectivity index (χ4n) is 2.56. The van der Waals surface area contributed by atoms with E-state index in [1.165, 1.54) is 5.56 Å². The van der Waals surface area contributed by atoms with Gasteiger partial charge in [0, 0.05) is 17.8 Å². The fraction of sp³-hybridized carbons (Fsp3) is 0.643. The average Bonchev–Trinajstić information content (AvgIpc) is 2.26. The molecule has 1 aliphatic rings. The highest BCUT2D eigenvalue weighted by Gasteiger charge is 2.34. The number of rotatable bonds is 1. The van der Waals surface area contributed by atoms with Crippen LogP contribution in [-0.4, -0.2) is 16.2 Å². The lowest BCUT2D eigenvalue weighted by molar-refractivity contribution is 0.0322. The van der Waals surface area contributed by atoms with Crippen molar-refractivity contribution in [2.75, 3.05) is 0 Å². The third kappa shape index (κ3) is 2.12. The van der Waals surface area contributed by atoms with Crippen LogP contribution in [0.5, 0.6) is 0 Å². The van der Waals surface area contributed by atoms with Crippen LogP contribution in [0.15, 0.2) is 18.3 Å². The van der Waals surface area contributed by atoms with Crippen molar-refractivity contribution >= 4 is 0 Å². The minimum atomic E-state index is -0.304. The first-order chi connectivity index (χ1) is 7.50. The maximum atomic E-state index is 10.4. The molecule has 0 aliphatic heterocycles. The van der Waals surface area contributed by atoms with E-state index in [9.17, 15) is 5.11 Å². The van der Waals surface area contributed by atoms with Crippen LogP contribution in [0.1, 0.15) is 50.8 Å². The van der Waals surface area contributed by atoms with Crippen LogP contribution in [0.3, 0.4) is 0 Å². The van der Waals surface area contributed by atoms with Gasteiger partial charge in [-0.25, -0.2) is 0 Å². The Hall–Kier alpha value is -0.890. The van der Waals surface area contributed by atoms with Crippen molar-refractivity contribution < 1.29 is 5.11 Å². The van der Waals surface area contributed by atoms with Gasteiger partial charge >= 0.3 is 0 Å². The van der Waals surface area contributed by atoms with E-state index >= 15 is 0 Å². The van der Waals surface area contributed by atoms with Crippen molar-refractivity contribution in [2.24, 2.45) is 5.41 Å². The molecule has 0 spiro atoms. The molecule has 2 atom stereocenters. The van der Waals surface area contributed by atoms with Crippen molar-refractivity contribution in [3.8, 4) is 0 Å². The maximum absolute atomic E-state index is 10.4. The number of aryl methyl sites for hydroxylation is 1. The first-order valence-corrected chi connectivity index (χ1v) is 6.12. The van der Waals surface area contributed by atoms with E-state index in [4.69, 9.17) is 0 Å². The second-order valence-electron chi connectivity index (χ2n) is 5.86. The normalized spacial score (nSPS) is 22.6. The summed E-state index contributed by atoms with van der Waals surface area (Å²) in [4.78, 5) is 4.48. The number of hydrogen-bond acceptors (Lipinski definition) is 2. The van der Waals surface area contributed by atoms with Crippen molar-refractivity contribution in [1.82, 2.24) is 4.98 Å². The number of nitrogens with zero attached hydrogens (tertiary/aromatic N) is 1. The monoisotopic (exact) mass is 219 g/mol. The van der Waals surface area contributed by atoms with Gasteiger partial charge < -0.3 is 5.11 Å². The summed E-state index contributed by atoms with van der Waals surface area (Å²) in [6, 6.07) is 4.13. The molecule has 1 heterocycles. The molecule has 1 N–H and O–H groups in total. The minimum Gasteiger partial charge on any atom is -0.392 e. The Morgan fingerprint density at radius 2 is 2.19 bits per heavy atom. The molecule has 1 aromatic heterocycles. The second kappa shape index (κ2) is 4.17. The van der Waals surface area contributed by atoms with Gasteiger partial charge in [0.25, 0.3) is 0 Å². The molecule has 0 aromatic carbocycles. The molecule has 88 valence electrons. The number of pyridine rings is 1. The van der Waals surface area contributed by atoms with Crippen LogP contribution >= 0.6 is 0 Å². The maximum Gasteiger partial charge on any atom is 0.0672 e. The Bertz CT molecular complexity index is 367. The Labute approximate surface area is 97.7 Å². The van der Waals surface area contributed by atoms with Crippen molar-refractivity contribution in [3.05, 3.63) is 29.6 Å². The Morgan fingerprint density at radius 1 is 1.44 bits per heavy atom. The molecule has 2 heteroatoms. The number of aliphatic hydroxyl groups is 1. The first kappa shape index (κ1) is 11.6. The second-order valence-corrected chi connectivity index (χ2v) is 5.86. The van der Waals surface area contributed by atoms with Crippen LogP contribution < -0.4 is 0 Å². The summed E-state index contributed by atoms with van der Waals surface area (Å²) in [5, 5.41) is 10.4. The standard InChI is InChI=1S/C14H21NO/c1-14(2,3)13(16)11-8-4-6-10-7-5-9-15-12(10)11/h5,7,9,11,13,16H,4,6,8H2,1-3H3. The molecular weight excluding hydrogens is 198 g/mol. The van der Waals surface area contributed by atoms with Gasteiger partial charge in [-0.15, -0.1) is 0 Å². The Balaban J connectivity index is 2.32. The van der Waals surface area contributed by atoms with Crippen molar-refractivity contribution in [3.63, 3.8) is 0 Å². The van der Waals surface area contributed by atoms with E-state index in [1.54, 1.807) is 0 Å². The highest BCUT2D eigenvalue weighted by atomic mass is 16.3. The Morgan fingerprint density at radius 3 is 2.88 bits per heavy atom. The zero-order chi connectivity index (χ0) is 11.8. The van der Waals surface area contributed by atoms with E-state index in [0.29, 0.717) is 0 Å². The quantitative estimate of drug-likeness (QED) is 0.787. The lowest BCUT2D eigenvalue weighted by Gasteiger charge is -2.35. The average molecular weight is 219 g/mol. The van der Waals surface area contributed by atoms with Gasteiger partial charge in [0.1, 0.15) is 0 Å². The predicted octanol–water partition coefficient (Wildman–Crippen LogP) is 2.91. The molecule has 0 saturated carbocycles. The predicted molar refractivity (Wildman–Crippen MR) is 65.4 cm³/mol. The molecule has 0 bridgehead atoms. The molecule has 1 aromatic rings. The van der Waals surface area contributed by atoms with Gasteiger partial charge in [-0.05, 0) is 36.3 Å². The van der Waals surface area contributed by atoms with E-state index < -0.39 is 0 Å². The van der Waals surface area contributed by atoms with Crippen LogP contribution in [0.25, 0.3) is 0 Å². The van der Waals surface area contributed by atoms with Gasteiger partial charge in [-0.3, -0.25) is 4.98 Å². The van der Waals surface area contributed by atoms with Crippen molar-refractivity contribution in [1.29, 1.82) is 0 Å². The topological polar surface area (TPSA) is 33.1 Å². The lowest BCUT2D eigenvalue weighted by Crippen LogP contribution is -2.34. The molecule has 0 fully saturated rings. The molecule has 2 unspecified atom stereocenters.